The summed E-state index contributed by atoms with van der Waals surface area (Å²) in [5.41, 5.74) is 2.23. The summed E-state index contributed by atoms with van der Waals surface area (Å²) in [6, 6.07) is 6.00. The Morgan fingerprint density at radius 2 is 1.83 bits per heavy atom. The standard InChI is InChI=1S/C10H14O2/c1-8-4-3-5-9(2)10(8)12-7-6-11/h3-5,11H,6-7H2,1-2H3. The molecule has 0 fully saturated rings. The molecule has 0 saturated carbocycles. The van der Waals surface area contributed by atoms with Crippen molar-refractivity contribution in [1.82, 2.24) is 0 Å². The van der Waals surface area contributed by atoms with Crippen molar-refractivity contribution in [2.75, 3.05) is 13.2 Å². The smallest absolute Gasteiger partial charge is 0.125 e. The fourth-order valence-corrected chi connectivity index (χ4v) is 1.17. The first-order chi connectivity index (χ1) is 5.75. The third kappa shape index (κ3) is 1.98. The molecule has 0 atom stereocenters. The third-order valence-corrected chi connectivity index (χ3v) is 1.75. The Hall–Kier alpha value is -1.02. The summed E-state index contributed by atoms with van der Waals surface area (Å²) < 4.78 is 5.37. The van der Waals surface area contributed by atoms with Crippen LogP contribution in [0, 0.1) is 13.8 Å². The van der Waals surface area contributed by atoms with Crippen LogP contribution >= 0.6 is 0 Å². The molecule has 0 aliphatic heterocycles. The monoisotopic (exact) mass is 166 g/mol. The molecular weight excluding hydrogens is 152 g/mol. The fourth-order valence-electron chi connectivity index (χ4n) is 1.17. The quantitative estimate of drug-likeness (QED) is 0.740. The number of para-hydroxylation sites is 1. The number of aliphatic hydroxyl groups excluding tert-OH is 1. The predicted octanol–water partition coefficient (Wildman–Crippen LogP) is 1.67. The van der Waals surface area contributed by atoms with Crippen LogP contribution in [-0.2, 0) is 0 Å². The number of benzene rings is 1. The number of ether oxygens (including phenoxy) is 1. The number of hydrogen-bond donors (Lipinski definition) is 1. The van der Waals surface area contributed by atoms with Crippen LogP contribution in [0.2, 0.25) is 0 Å². The molecule has 12 heavy (non-hydrogen) atoms. The van der Waals surface area contributed by atoms with Gasteiger partial charge in [0.15, 0.2) is 0 Å². The normalized spacial score (nSPS) is 9.92. The summed E-state index contributed by atoms with van der Waals surface area (Å²) in [5, 5.41) is 8.58. The lowest BCUT2D eigenvalue weighted by atomic mass is 10.1. The van der Waals surface area contributed by atoms with Crippen LogP contribution in [0.5, 0.6) is 5.75 Å². The molecule has 0 aliphatic carbocycles. The molecule has 2 nitrogen and oxygen atoms in total. The van der Waals surface area contributed by atoms with Gasteiger partial charge in [-0.25, -0.2) is 0 Å². The third-order valence-electron chi connectivity index (χ3n) is 1.75. The van der Waals surface area contributed by atoms with Crippen LogP contribution < -0.4 is 4.74 Å². The summed E-state index contributed by atoms with van der Waals surface area (Å²) in [5.74, 6) is 0.895. The molecule has 0 aliphatic rings. The van der Waals surface area contributed by atoms with E-state index in [2.05, 4.69) is 0 Å². The van der Waals surface area contributed by atoms with Gasteiger partial charge in [-0.3, -0.25) is 0 Å². The van der Waals surface area contributed by atoms with Crippen molar-refractivity contribution in [2.24, 2.45) is 0 Å². The Morgan fingerprint density at radius 3 is 2.33 bits per heavy atom. The number of rotatable bonds is 3. The molecule has 0 amide bonds. The highest BCUT2D eigenvalue weighted by Gasteiger charge is 2.01. The van der Waals surface area contributed by atoms with E-state index >= 15 is 0 Å². The van der Waals surface area contributed by atoms with Gasteiger partial charge in [-0.1, -0.05) is 18.2 Å². The van der Waals surface area contributed by atoms with Gasteiger partial charge in [0.25, 0.3) is 0 Å². The van der Waals surface area contributed by atoms with E-state index in [1.165, 1.54) is 0 Å². The molecule has 0 unspecified atom stereocenters. The summed E-state index contributed by atoms with van der Waals surface area (Å²) in [7, 11) is 0. The largest absolute Gasteiger partial charge is 0.491 e. The Bertz CT molecular complexity index is 236. The molecule has 1 N–H and O–H groups in total. The Morgan fingerprint density at radius 1 is 1.25 bits per heavy atom. The number of hydrogen-bond acceptors (Lipinski definition) is 2. The molecule has 0 aromatic heterocycles. The van der Waals surface area contributed by atoms with Gasteiger partial charge in [-0.05, 0) is 25.0 Å². The first-order valence-corrected chi connectivity index (χ1v) is 4.05. The maximum atomic E-state index is 8.58. The van der Waals surface area contributed by atoms with Crippen molar-refractivity contribution in [1.29, 1.82) is 0 Å². The molecular formula is C10H14O2. The van der Waals surface area contributed by atoms with Crippen molar-refractivity contribution < 1.29 is 9.84 Å². The molecule has 0 bridgehead atoms. The minimum atomic E-state index is 0.0633. The van der Waals surface area contributed by atoms with Gasteiger partial charge < -0.3 is 9.84 Å². The van der Waals surface area contributed by atoms with Gasteiger partial charge in [0.2, 0.25) is 0 Å². The summed E-state index contributed by atoms with van der Waals surface area (Å²) >= 11 is 0. The van der Waals surface area contributed by atoms with Gasteiger partial charge in [0.05, 0.1) is 6.61 Å². The van der Waals surface area contributed by atoms with Crippen molar-refractivity contribution in [2.45, 2.75) is 13.8 Å². The Kier molecular flexibility index (Phi) is 3.11. The van der Waals surface area contributed by atoms with Gasteiger partial charge in [-0.15, -0.1) is 0 Å². The van der Waals surface area contributed by atoms with E-state index in [1.54, 1.807) is 0 Å². The maximum absolute atomic E-state index is 8.58. The molecule has 1 aromatic carbocycles. The van der Waals surface area contributed by atoms with Gasteiger partial charge in [0.1, 0.15) is 12.4 Å². The molecule has 1 rings (SSSR count). The molecule has 2 heteroatoms. The second kappa shape index (κ2) is 4.12. The van der Waals surface area contributed by atoms with E-state index in [4.69, 9.17) is 9.84 Å². The fraction of sp³-hybridized carbons (Fsp3) is 0.400. The topological polar surface area (TPSA) is 29.5 Å². The number of aryl methyl sites for hydroxylation is 2. The van der Waals surface area contributed by atoms with E-state index < -0.39 is 0 Å². The molecule has 1 aromatic rings. The second-order valence-electron chi connectivity index (χ2n) is 2.79. The zero-order chi connectivity index (χ0) is 8.97. The van der Waals surface area contributed by atoms with Crippen LogP contribution in [0.25, 0.3) is 0 Å². The first kappa shape index (κ1) is 9.07. The van der Waals surface area contributed by atoms with Crippen molar-refractivity contribution in [3.8, 4) is 5.75 Å². The van der Waals surface area contributed by atoms with Crippen LogP contribution in [0.1, 0.15) is 11.1 Å². The SMILES string of the molecule is Cc1cccc(C)c1OCCO. The Balaban J connectivity index is 2.81. The van der Waals surface area contributed by atoms with Gasteiger partial charge in [0, 0.05) is 0 Å². The van der Waals surface area contributed by atoms with Crippen LogP contribution in [0.4, 0.5) is 0 Å². The highest BCUT2D eigenvalue weighted by Crippen LogP contribution is 2.21. The van der Waals surface area contributed by atoms with Crippen LogP contribution in [-0.4, -0.2) is 18.3 Å². The highest BCUT2D eigenvalue weighted by atomic mass is 16.5. The molecule has 0 radical (unpaired) electrons. The van der Waals surface area contributed by atoms with Crippen molar-refractivity contribution in [3.63, 3.8) is 0 Å². The highest BCUT2D eigenvalue weighted by molar-refractivity contribution is 5.39. The molecule has 0 heterocycles. The van der Waals surface area contributed by atoms with E-state index in [0.29, 0.717) is 6.61 Å². The zero-order valence-corrected chi connectivity index (χ0v) is 7.50. The second-order valence-corrected chi connectivity index (χ2v) is 2.79. The maximum Gasteiger partial charge on any atom is 0.125 e. The molecule has 66 valence electrons. The lowest BCUT2D eigenvalue weighted by Gasteiger charge is -2.09. The lowest BCUT2D eigenvalue weighted by molar-refractivity contribution is 0.200. The minimum absolute atomic E-state index is 0.0633. The van der Waals surface area contributed by atoms with Crippen LogP contribution in [0.15, 0.2) is 18.2 Å². The zero-order valence-electron chi connectivity index (χ0n) is 7.50. The van der Waals surface area contributed by atoms with E-state index in [0.717, 1.165) is 16.9 Å². The molecule has 0 spiro atoms. The minimum Gasteiger partial charge on any atom is -0.491 e. The van der Waals surface area contributed by atoms with E-state index in [-0.39, 0.29) is 6.61 Å². The Labute approximate surface area is 72.8 Å². The summed E-state index contributed by atoms with van der Waals surface area (Å²) in [6.45, 7) is 4.43. The van der Waals surface area contributed by atoms with Crippen LogP contribution in [0.3, 0.4) is 0 Å². The lowest BCUT2D eigenvalue weighted by Crippen LogP contribution is -2.03. The van der Waals surface area contributed by atoms with Crippen molar-refractivity contribution in [3.05, 3.63) is 29.3 Å². The average Bonchev–Trinajstić information content (AvgIpc) is 2.04. The van der Waals surface area contributed by atoms with Gasteiger partial charge in [-0.2, -0.15) is 0 Å². The van der Waals surface area contributed by atoms with E-state index in [1.807, 2.05) is 32.0 Å². The van der Waals surface area contributed by atoms with E-state index in [9.17, 15) is 0 Å². The first-order valence-electron chi connectivity index (χ1n) is 4.05. The average molecular weight is 166 g/mol. The van der Waals surface area contributed by atoms with Crippen molar-refractivity contribution >= 4 is 0 Å². The predicted molar refractivity (Wildman–Crippen MR) is 48.5 cm³/mol. The molecule has 0 saturated heterocycles. The van der Waals surface area contributed by atoms with Gasteiger partial charge >= 0.3 is 0 Å². The number of aliphatic hydroxyl groups is 1. The summed E-state index contributed by atoms with van der Waals surface area (Å²) in [6.07, 6.45) is 0. The summed E-state index contributed by atoms with van der Waals surface area (Å²) in [4.78, 5) is 0.